The molecule has 1 amide bonds. The number of benzene rings is 2. The van der Waals surface area contributed by atoms with E-state index in [1.54, 1.807) is 7.11 Å². The van der Waals surface area contributed by atoms with Crippen molar-refractivity contribution >= 4 is 11.6 Å². The molecule has 190 valence electrons. The molecule has 2 fully saturated rings. The lowest BCUT2D eigenvalue weighted by Gasteiger charge is -2.42. The molecule has 5 rings (SSSR count). The number of aromatic amines is 1. The number of hydrogen-bond acceptors (Lipinski definition) is 6. The van der Waals surface area contributed by atoms with Crippen LogP contribution in [0.3, 0.4) is 0 Å². The molecule has 0 spiro atoms. The highest BCUT2D eigenvalue weighted by Crippen LogP contribution is 2.36. The fourth-order valence-corrected chi connectivity index (χ4v) is 5.32. The smallest absolute Gasteiger partial charge is 0.230 e. The van der Waals surface area contributed by atoms with Crippen molar-refractivity contribution in [2.45, 2.75) is 57.6 Å². The Kier molecular flexibility index (Phi) is 7.39. The van der Waals surface area contributed by atoms with E-state index >= 15 is 0 Å². The number of carbonyl (C=O) groups excluding carboxylic acids is 1. The maximum absolute atomic E-state index is 13.3. The van der Waals surface area contributed by atoms with Crippen LogP contribution in [0.25, 0.3) is 0 Å². The number of H-pyrrole nitrogens is 1. The summed E-state index contributed by atoms with van der Waals surface area (Å²) in [5.41, 5.74) is 2.31. The summed E-state index contributed by atoms with van der Waals surface area (Å²) >= 11 is 0. The van der Waals surface area contributed by atoms with Gasteiger partial charge in [-0.15, -0.1) is 0 Å². The minimum absolute atomic E-state index is 0.0370. The molecule has 1 atom stereocenters. The highest BCUT2D eigenvalue weighted by molar-refractivity contribution is 5.78. The van der Waals surface area contributed by atoms with Gasteiger partial charge in [0.1, 0.15) is 5.82 Å². The summed E-state index contributed by atoms with van der Waals surface area (Å²) in [6, 6.07) is 16.6. The average Bonchev–Trinajstić information content (AvgIpc) is 3.56. The van der Waals surface area contributed by atoms with Gasteiger partial charge in [0.05, 0.1) is 25.7 Å². The van der Waals surface area contributed by atoms with E-state index in [0.717, 1.165) is 55.4 Å². The maximum Gasteiger partial charge on any atom is 0.230 e. The van der Waals surface area contributed by atoms with E-state index in [2.05, 4.69) is 56.5 Å². The molecule has 1 aliphatic heterocycles. The number of ether oxygens (including phenoxy) is 2. The van der Waals surface area contributed by atoms with Crippen molar-refractivity contribution in [2.24, 2.45) is 0 Å². The molecule has 1 saturated heterocycles. The Morgan fingerprint density at radius 3 is 2.61 bits per heavy atom. The average molecular weight is 490 g/mol. The minimum atomic E-state index is 0.0370. The molecule has 2 aromatic carbocycles. The first-order valence-corrected chi connectivity index (χ1v) is 12.9. The van der Waals surface area contributed by atoms with Crippen molar-refractivity contribution in [1.82, 2.24) is 20.1 Å². The third-order valence-corrected chi connectivity index (χ3v) is 7.18. The van der Waals surface area contributed by atoms with Crippen molar-refractivity contribution < 1.29 is 14.3 Å². The van der Waals surface area contributed by atoms with Crippen molar-refractivity contribution in [3.8, 4) is 11.5 Å². The Bertz CT molecular complexity index is 1160. The molecule has 8 nitrogen and oxygen atoms in total. The van der Waals surface area contributed by atoms with Crippen molar-refractivity contribution in [2.75, 3.05) is 31.6 Å². The summed E-state index contributed by atoms with van der Waals surface area (Å²) in [6.07, 6.45) is 5.88. The van der Waals surface area contributed by atoms with Gasteiger partial charge in [0.2, 0.25) is 5.91 Å². The van der Waals surface area contributed by atoms with Crippen LogP contribution in [-0.2, 0) is 17.6 Å². The van der Waals surface area contributed by atoms with Gasteiger partial charge in [0.15, 0.2) is 17.3 Å². The zero-order valence-electron chi connectivity index (χ0n) is 21.2. The Morgan fingerprint density at radius 1 is 1.08 bits per heavy atom. The maximum atomic E-state index is 13.3. The van der Waals surface area contributed by atoms with Gasteiger partial charge in [0.25, 0.3) is 0 Å². The molecule has 1 saturated carbocycles. The summed E-state index contributed by atoms with van der Waals surface area (Å²) in [5, 5.41) is 7.00. The number of amides is 1. The van der Waals surface area contributed by atoms with Crippen LogP contribution in [-0.4, -0.2) is 64.9 Å². The molecular formula is C28H35N5O3. The Morgan fingerprint density at radius 2 is 1.89 bits per heavy atom. The molecule has 2 heterocycles. The zero-order valence-corrected chi connectivity index (χ0v) is 21.2. The lowest BCUT2D eigenvalue weighted by Crippen LogP contribution is -2.56. The number of aromatic nitrogens is 3. The van der Waals surface area contributed by atoms with Gasteiger partial charge >= 0.3 is 0 Å². The summed E-state index contributed by atoms with van der Waals surface area (Å²) in [4.78, 5) is 22.0. The third kappa shape index (κ3) is 5.64. The molecular weight excluding hydrogens is 454 g/mol. The highest BCUT2D eigenvalue weighted by Gasteiger charge is 2.32. The number of hydrogen-bond donors (Lipinski definition) is 1. The molecule has 8 heteroatoms. The zero-order chi connectivity index (χ0) is 24.9. The number of nitrogens with one attached hydrogen (secondary N) is 1. The molecule has 1 aliphatic carbocycles. The van der Waals surface area contributed by atoms with Gasteiger partial charge in [-0.3, -0.25) is 9.89 Å². The number of nitrogens with zero attached hydrogens (tertiary/aromatic N) is 4. The van der Waals surface area contributed by atoms with Crippen molar-refractivity contribution in [3.63, 3.8) is 0 Å². The molecule has 0 radical (unpaired) electrons. The van der Waals surface area contributed by atoms with E-state index in [-0.39, 0.29) is 24.5 Å². The Labute approximate surface area is 212 Å². The minimum Gasteiger partial charge on any atom is -0.493 e. The highest BCUT2D eigenvalue weighted by atomic mass is 16.5. The second kappa shape index (κ2) is 11.0. The number of methoxy groups -OCH3 is 1. The van der Waals surface area contributed by atoms with Crippen LogP contribution in [0.4, 0.5) is 5.69 Å². The lowest BCUT2D eigenvalue weighted by atomic mass is 10.0. The molecule has 36 heavy (non-hydrogen) atoms. The number of carbonyl (C=O) groups is 1. The summed E-state index contributed by atoms with van der Waals surface area (Å²) in [7, 11) is 1.69. The number of aryl methyl sites for hydroxylation is 1. The van der Waals surface area contributed by atoms with Crippen LogP contribution in [0.2, 0.25) is 0 Å². The standard InChI is InChI=1S/C28H35N5O3/c1-20-29-27(31-30-20)18-28(34)33-15-14-32(19-23(33)16-21-8-4-3-5-9-21)22-12-13-25(35-2)26(17-22)36-24-10-6-7-11-24/h3-5,8-9,12-13,17,23-24H,6-7,10-11,14-16,18-19H2,1-2H3,(H,29,30,31). The third-order valence-electron chi connectivity index (χ3n) is 7.18. The van der Waals surface area contributed by atoms with E-state index in [0.29, 0.717) is 12.4 Å². The second-order valence-corrected chi connectivity index (χ2v) is 9.75. The van der Waals surface area contributed by atoms with Gasteiger partial charge in [-0.2, -0.15) is 5.10 Å². The van der Waals surface area contributed by atoms with E-state index < -0.39 is 0 Å². The van der Waals surface area contributed by atoms with Crippen LogP contribution < -0.4 is 14.4 Å². The predicted molar refractivity (Wildman–Crippen MR) is 139 cm³/mol. The molecule has 1 unspecified atom stereocenters. The van der Waals surface area contributed by atoms with Gasteiger partial charge < -0.3 is 19.3 Å². The summed E-state index contributed by atoms with van der Waals surface area (Å²) in [5.74, 6) is 2.90. The number of rotatable bonds is 8. The van der Waals surface area contributed by atoms with Gasteiger partial charge in [-0.05, 0) is 56.7 Å². The SMILES string of the molecule is COc1ccc(N2CCN(C(=O)Cc3n[nH]c(C)n3)C(Cc3ccccc3)C2)cc1OC1CCCC1. The summed E-state index contributed by atoms with van der Waals surface area (Å²) < 4.78 is 11.9. The molecule has 1 N–H and O–H groups in total. The number of anilines is 1. The van der Waals surface area contributed by atoms with Crippen LogP contribution in [0, 0.1) is 6.92 Å². The lowest BCUT2D eigenvalue weighted by molar-refractivity contribution is -0.133. The molecule has 1 aromatic heterocycles. The van der Waals surface area contributed by atoms with Gasteiger partial charge in [0, 0.05) is 31.4 Å². The largest absolute Gasteiger partial charge is 0.493 e. The quantitative estimate of drug-likeness (QED) is 0.516. The molecule has 0 bridgehead atoms. The first-order chi connectivity index (χ1) is 17.6. The van der Waals surface area contributed by atoms with E-state index in [1.807, 2.05) is 24.0 Å². The van der Waals surface area contributed by atoms with E-state index in [9.17, 15) is 4.79 Å². The molecule has 3 aromatic rings. The van der Waals surface area contributed by atoms with Crippen LogP contribution in [0.5, 0.6) is 11.5 Å². The second-order valence-electron chi connectivity index (χ2n) is 9.75. The van der Waals surface area contributed by atoms with Gasteiger partial charge in [-0.1, -0.05) is 30.3 Å². The molecule has 2 aliphatic rings. The fourth-order valence-electron chi connectivity index (χ4n) is 5.32. The number of piperazine rings is 1. The van der Waals surface area contributed by atoms with Crippen molar-refractivity contribution in [3.05, 3.63) is 65.7 Å². The topological polar surface area (TPSA) is 83.6 Å². The van der Waals surface area contributed by atoms with Crippen molar-refractivity contribution in [1.29, 1.82) is 0 Å². The first-order valence-electron chi connectivity index (χ1n) is 12.9. The predicted octanol–water partition coefficient (Wildman–Crippen LogP) is 3.95. The van der Waals surface area contributed by atoms with Crippen LogP contribution in [0.15, 0.2) is 48.5 Å². The van der Waals surface area contributed by atoms with Crippen LogP contribution >= 0.6 is 0 Å². The normalized spacial score (nSPS) is 18.4. The first kappa shape index (κ1) is 24.2. The van der Waals surface area contributed by atoms with E-state index in [1.165, 1.54) is 18.4 Å². The monoisotopic (exact) mass is 489 g/mol. The van der Waals surface area contributed by atoms with Gasteiger partial charge in [-0.25, -0.2) is 4.98 Å². The fraction of sp³-hybridized carbons (Fsp3) is 0.464. The van der Waals surface area contributed by atoms with E-state index in [4.69, 9.17) is 9.47 Å². The van der Waals surface area contributed by atoms with Crippen LogP contribution in [0.1, 0.15) is 42.9 Å². The Hall–Kier alpha value is -3.55. The summed E-state index contributed by atoms with van der Waals surface area (Å²) in [6.45, 7) is 3.98. The Balaban J connectivity index is 1.35.